The fourth-order valence-corrected chi connectivity index (χ4v) is 3.95. The molecule has 132 valence electrons. The summed E-state index contributed by atoms with van der Waals surface area (Å²) < 4.78 is 1.75. The molecule has 0 saturated heterocycles. The summed E-state index contributed by atoms with van der Waals surface area (Å²) >= 11 is 0. The molecule has 0 atom stereocenters. The normalized spacial score (nSPS) is 23.1. The summed E-state index contributed by atoms with van der Waals surface area (Å²) in [6.07, 6.45) is 12.0. The highest BCUT2D eigenvalue weighted by Crippen LogP contribution is 2.29. The van der Waals surface area contributed by atoms with Crippen LogP contribution in [-0.4, -0.2) is 25.8 Å². The van der Waals surface area contributed by atoms with Crippen molar-refractivity contribution in [1.82, 2.24) is 19.7 Å². The van der Waals surface area contributed by atoms with Crippen molar-refractivity contribution in [2.45, 2.75) is 70.4 Å². The molecule has 0 amide bonds. The highest BCUT2D eigenvalue weighted by atomic mass is 16.1. The third-order valence-electron chi connectivity index (χ3n) is 5.39. The highest BCUT2D eigenvalue weighted by molar-refractivity contribution is 5.26. The van der Waals surface area contributed by atoms with E-state index in [1.807, 2.05) is 25.4 Å². The van der Waals surface area contributed by atoms with Gasteiger partial charge in [0.25, 0.3) is 5.56 Å². The Morgan fingerprint density at radius 1 is 1.08 bits per heavy atom. The van der Waals surface area contributed by atoms with E-state index in [0.29, 0.717) is 12.0 Å². The molecule has 0 aromatic carbocycles. The predicted molar refractivity (Wildman–Crippen MR) is 96.8 cm³/mol. The standard InChI is InChI=1S/C19H25N5O/c1-13-11-20-19(21-12-13)22-15-6-8-16(9-7-15)24-18(25)10-14-4-2-3-5-17(14)23-24/h10-12,15-16H,2-9H2,1H3,(H,20,21,22). The van der Waals surface area contributed by atoms with Crippen LogP contribution in [0.4, 0.5) is 5.95 Å². The molecule has 2 aromatic heterocycles. The van der Waals surface area contributed by atoms with E-state index in [4.69, 9.17) is 5.10 Å². The number of nitrogens with one attached hydrogen (secondary N) is 1. The fourth-order valence-electron chi connectivity index (χ4n) is 3.95. The molecule has 0 aliphatic heterocycles. The Hall–Kier alpha value is -2.24. The van der Waals surface area contributed by atoms with Crippen LogP contribution in [0.5, 0.6) is 0 Å². The lowest BCUT2D eigenvalue weighted by atomic mass is 9.91. The van der Waals surface area contributed by atoms with Gasteiger partial charge >= 0.3 is 0 Å². The van der Waals surface area contributed by atoms with Gasteiger partial charge in [0.2, 0.25) is 5.95 Å². The van der Waals surface area contributed by atoms with Crippen molar-refractivity contribution >= 4 is 5.95 Å². The minimum absolute atomic E-state index is 0.0685. The zero-order valence-electron chi connectivity index (χ0n) is 14.7. The van der Waals surface area contributed by atoms with Gasteiger partial charge in [0, 0.05) is 24.5 Å². The van der Waals surface area contributed by atoms with Gasteiger partial charge in [0.15, 0.2) is 0 Å². The lowest BCUT2D eigenvalue weighted by Crippen LogP contribution is -2.34. The Morgan fingerprint density at radius 3 is 2.56 bits per heavy atom. The summed E-state index contributed by atoms with van der Waals surface area (Å²) in [5.74, 6) is 0.693. The maximum absolute atomic E-state index is 12.5. The van der Waals surface area contributed by atoms with Crippen molar-refractivity contribution in [2.75, 3.05) is 5.32 Å². The maximum Gasteiger partial charge on any atom is 0.267 e. The van der Waals surface area contributed by atoms with E-state index in [1.165, 1.54) is 18.4 Å². The van der Waals surface area contributed by atoms with Crippen LogP contribution in [0.3, 0.4) is 0 Å². The number of hydrogen-bond acceptors (Lipinski definition) is 5. The molecule has 1 fully saturated rings. The average molecular weight is 339 g/mol. The second kappa shape index (κ2) is 6.94. The first-order chi connectivity index (χ1) is 12.2. The molecule has 2 heterocycles. The molecule has 2 aromatic rings. The fraction of sp³-hybridized carbons (Fsp3) is 0.579. The van der Waals surface area contributed by atoms with Crippen LogP contribution in [0.2, 0.25) is 0 Å². The zero-order valence-corrected chi connectivity index (χ0v) is 14.7. The first kappa shape index (κ1) is 16.2. The van der Waals surface area contributed by atoms with Gasteiger partial charge in [-0.2, -0.15) is 5.10 Å². The van der Waals surface area contributed by atoms with Gasteiger partial charge in [-0.15, -0.1) is 0 Å². The van der Waals surface area contributed by atoms with E-state index < -0.39 is 0 Å². The second-order valence-corrected chi connectivity index (χ2v) is 7.34. The molecule has 0 spiro atoms. The summed E-state index contributed by atoms with van der Waals surface area (Å²) in [6.45, 7) is 1.98. The molecule has 2 aliphatic carbocycles. The molecule has 0 radical (unpaired) electrons. The van der Waals surface area contributed by atoms with Gasteiger partial charge in [-0.05, 0) is 69.4 Å². The first-order valence-electron chi connectivity index (χ1n) is 9.36. The Labute approximate surface area is 147 Å². The number of nitrogens with zero attached hydrogens (tertiary/aromatic N) is 4. The average Bonchev–Trinajstić information content (AvgIpc) is 2.64. The van der Waals surface area contributed by atoms with Gasteiger partial charge in [0.1, 0.15) is 0 Å². The minimum atomic E-state index is 0.0685. The monoisotopic (exact) mass is 339 g/mol. The Kier molecular flexibility index (Phi) is 4.51. The highest BCUT2D eigenvalue weighted by Gasteiger charge is 2.25. The van der Waals surface area contributed by atoms with Crippen LogP contribution in [0.1, 0.15) is 61.4 Å². The second-order valence-electron chi connectivity index (χ2n) is 7.34. The van der Waals surface area contributed by atoms with Crippen molar-refractivity contribution < 1.29 is 0 Å². The molecule has 6 heteroatoms. The number of hydrogen-bond donors (Lipinski definition) is 1. The molecule has 6 nitrogen and oxygen atoms in total. The van der Waals surface area contributed by atoms with E-state index in [2.05, 4.69) is 15.3 Å². The van der Waals surface area contributed by atoms with Crippen LogP contribution in [0.15, 0.2) is 23.3 Å². The lowest BCUT2D eigenvalue weighted by molar-refractivity contribution is 0.300. The Balaban J connectivity index is 1.42. The molecule has 25 heavy (non-hydrogen) atoms. The van der Waals surface area contributed by atoms with E-state index in [0.717, 1.165) is 49.8 Å². The maximum atomic E-state index is 12.5. The Bertz CT molecular complexity index is 790. The summed E-state index contributed by atoms with van der Waals surface area (Å²) in [7, 11) is 0. The summed E-state index contributed by atoms with van der Waals surface area (Å²) in [5.41, 5.74) is 3.43. The van der Waals surface area contributed by atoms with Gasteiger partial charge in [-0.1, -0.05) is 0 Å². The van der Waals surface area contributed by atoms with Crippen LogP contribution in [0, 0.1) is 6.92 Å². The number of aromatic nitrogens is 4. The predicted octanol–water partition coefficient (Wildman–Crippen LogP) is 2.82. The largest absolute Gasteiger partial charge is 0.351 e. The molecule has 0 unspecified atom stereocenters. The molecule has 2 aliphatic rings. The third kappa shape index (κ3) is 3.57. The van der Waals surface area contributed by atoms with Crippen molar-refractivity contribution in [3.8, 4) is 0 Å². The summed E-state index contributed by atoms with van der Waals surface area (Å²) in [6, 6.07) is 2.41. The van der Waals surface area contributed by atoms with Crippen molar-refractivity contribution in [3.05, 3.63) is 45.6 Å². The van der Waals surface area contributed by atoms with E-state index in [9.17, 15) is 4.79 Å². The van der Waals surface area contributed by atoms with Crippen LogP contribution in [0.25, 0.3) is 0 Å². The van der Waals surface area contributed by atoms with Crippen molar-refractivity contribution in [3.63, 3.8) is 0 Å². The smallest absolute Gasteiger partial charge is 0.267 e. The van der Waals surface area contributed by atoms with Crippen LogP contribution < -0.4 is 10.9 Å². The van der Waals surface area contributed by atoms with Crippen molar-refractivity contribution in [1.29, 1.82) is 0 Å². The van der Waals surface area contributed by atoms with Crippen molar-refractivity contribution in [2.24, 2.45) is 0 Å². The lowest BCUT2D eigenvalue weighted by Gasteiger charge is -2.30. The molecule has 1 saturated carbocycles. The molecular weight excluding hydrogens is 314 g/mol. The molecular formula is C19H25N5O. The summed E-state index contributed by atoms with van der Waals surface area (Å²) in [5, 5.41) is 8.13. The molecule has 1 N–H and O–H groups in total. The number of aryl methyl sites for hydroxylation is 3. The SMILES string of the molecule is Cc1cnc(NC2CCC(n3nc4c(cc3=O)CCCC4)CC2)nc1. The quantitative estimate of drug-likeness (QED) is 0.931. The number of rotatable bonds is 3. The minimum Gasteiger partial charge on any atom is -0.351 e. The van der Waals surface area contributed by atoms with E-state index in [1.54, 1.807) is 4.68 Å². The molecule has 0 bridgehead atoms. The van der Waals surface area contributed by atoms with Crippen LogP contribution >= 0.6 is 0 Å². The zero-order chi connectivity index (χ0) is 17.2. The van der Waals surface area contributed by atoms with E-state index in [-0.39, 0.29) is 11.6 Å². The third-order valence-corrected chi connectivity index (χ3v) is 5.39. The van der Waals surface area contributed by atoms with Gasteiger partial charge < -0.3 is 5.32 Å². The summed E-state index contributed by atoms with van der Waals surface area (Å²) in [4.78, 5) is 21.1. The molecule has 4 rings (SSSR count). The van der Waals surface area contributed by atoms with Gasteiger partial charge in [-0.25, -0.2) is 14.6 Å². The number of fused-ring (bicyclic) bond motifs is 1. The number of anilines is 1. The van der Waals surface area contributed by atoms with Gasteiger partial charge in [-0.3, -0.25) is 4.79 Å². The Morgan fingerprint density at radius 2 is 1.80 bits per heavy atom. The van der Waals surface area contributed by atoms with Gasteiger partial charge in [0.05, 0.1) is 11.7 Å². The first-order valence-corrected chi connectivity index (χ1v) is 9.36. The van der Waals surface area contributed by atoms with E-state index >= 15 is 0 Å². The topological polar surface area (TPSA) is 72.7 Å². The van der Waals surface area contributed by atoms with Crippen LogP contribution in [-0.2, 0) is 12.8 Å².